The summed E-state index contributed by atoms with van der Waals surface area (Å²) in [4.78, 5) is 0. The Balaban J connectivity index is 2.73. The van der Waals surface area contributed by atoms with Crippen LogP contribution in [-0.2, 0) is 6.42 Å². The second-order valence-corrected chi connectivity index (χ2v) is 5.55. The van der Waals surface area contributed by atoms with E-state index in [2.05, 4.69) is 45.9 Å². The van der Waals surface area contributed by atoms with Crippen LogP contribution < -0.4 is 10.9 Å². The fourth-order valence-corrected chi connectivity index (χ4v) is 2.57. The summed E-state index contributed by atoms with van der Waals surface area (Å²) in [5.41, 5.74) is 3.86. The predicted octanol–water partition coefficient (Wildman–Crippen LogP) is 4.45. The lowest BCUT2D eigenvalue weighted by Gasteiger charge is -2.26. The van der Waals surface area contributed by atoms with Crippen LogP contribution in [0.5, 0.6) is 0 Å². The Bertz CT molecular complexity index is 374. The minimum Gasteiger partial charge on any atom is -0.311 e. The van der Waals surface area contributed by atoms with Crippen LogP contribution in [0.4, 0.5) is 5.69 Å². The fraction of sp³-hybridized carbons (Fsp3) is 0.647. The minimum absolute atomic E-state index is 0.705. The number of benzene rings is 1. The maximum absolute atomic E-state index is 6.30. The zero-order valence-electron chi connectivity index (χ0n) is 13.1. The van der Waals surface area contributed by atoms with Gasteiger partial charge in [0.05, 0.1) is 5.69 Å². The van der Waals surface area contributed by atoms with E-state index in [1.54, 1.807) is 0 Å². The Morgan fingerprint density at radius 2 is 1.95 bits per heavy atom. The summed E-state index contributed by atoms with van der Waals surface area (Å²) in [5.74, 6) is 7.01. The van der Waals surface area contributed by atoms with Gasteiger partial charge in [0.2, 0.25) is 0 Å². The average molecular weight is 262 g/mol. The Morgan fingerprint density at radius 1 is 1.21 bits per heavy atom. The third-order valence-electron chi connectivity index (χ3n) is 3.92. The topological polar surface area (TPSA) is 29.3 Å². The quantitative estimate of drug-likeness (QED) is 0.554. The molecular weight excluding hydrogens is 232 g/mol. The molecule has 0 amide bonds. The van der Waals surface area contributed by atoms with Gasteiger partial charge in [-0.2, -0.15) is 0 Å². The van der Waals surface area contributed by atoms with Crippen LogP contribution in [0.25, 0.3) is 0 Å². The zero-order valence-corrected chi connectivity index (χ0v) is 13.1. The van der Waals surface area contributed by atoms with Crippen LogP contribution in [0.1, 0.15) is 57.6 Å². The molecule has 0 saturated heterocycles. The number of aryl methyl sites for hydroxylation is 2. The van der Waals surface area contributed by atoms with Crippen molar-refractivity contribution in [2.45, 2.75) is 59.8 Å². The molecule has 0 aromatic heterocycles. The Hall–Kier alpha value is -1.02. The first kappa shape index (κ1) is 16.0. The van der Waals surface area contributed by atoms with Gasteiger partial charge in [-0.05, 0) is 37.3 Å². The standard InChI is InChI=1S/C17H30N2/c1-5-8-9-15(6-2)13-19(18)17-11-10-14(4)12-16(17)7-3/h10-12,15H,5-9,13,18H2,1-4H3. The largest absolute Gasteiger partial charge is 0.311 e. The predicted molar refractivity (Wildman–Crippen MR) is 85.4 cm³/mol. The van der Waals surface area contributed by atoms with E-state index >= 15 is 0 Å². The summed E-state index contributed by atoms with van der Waals surface area (Å²) < 4.78 is 0. The molecule has 1 atom stereocenters. The number of hydrogen-bond acceptors (Lipinski definition) is 2. The van der Waals surface area contributed by atoms with E-state index in [0.717, 1.165) is 13.0 Å². The van der Waals surface area contributed by atoms with E-state index in [9.17, 15) is 0 Å². The van der Waals surface area contributed by atoms with Gasteiger partial charge >= 0.3 is 0 Å². The van der Waals surface area contributed by atoms with E-state index < -0.39 is 0 Å². The van der Waals surface area contributed by atoms with Crippen molar-refractivity contribution in [1.82, 2.24) is 0 Å². The Morgan fingerprint density at radius 3 is 2.53 bits per heavy atom. The average Bonchev–Trinajstić information content (AvgIpc) is 2.42. The van der Waals surface area contributed by atoms with E-state index in [-0.39, 0.29) is 0 Å². The molecule has 0 aliphatic carbocycles. The molecule has 0 heterocycles. The van der Waals surface area contributed by atoms with Crippen molar-refractivity contribution in [3.63, 3.8) is 0 Å². The summed E-state index contributed by atoms with van der Waals surface area (Å²) in [7, 11) is 0. The molecule has 0 saturated carbocycles. The monoisotopic (exact) mass is 262 g/mol. The van der Waals surface area contributed by atoms with Gasteiger partial charge in [-0.25, -0.2) is 5.84 Å². The molecule has 108 valence electrons. The van der Waals surface area contributed by atoms with Crippen molar-refractivity contribution in [2.75, 3.05) is 11.6 Å². The smallest absolute Gasteiger partial charge is 0.0549 e. The van der Waals surface area contributed by atoms with Crippen molar-refractivity contribution in [3.05, 3.63) is 29.3 Å². The summed E-state index contributed by atoms with van der Waals surface area (Å²) in [6.45, 7) is 9.82. The number of nitrogens with zero attached hydrogens (tertiary/aromatic N) is 1. The molecule has 19 heavy (non-hydrogen) atoms. The number of rotatable bonds is 8. The second kappa shape index (κ2) is 8.21. The lowest BCUT2D eigenvalue weighted by atomic mass is 9.98. The number of hydrogen-bond donors (Lipinski definition) is 1. The Kier molecular flexibility index (Phi) is 6.93. The summed E-state index contributed by atoms with van der Waals surface area (Å²) in [6.07, 6.45) is 6.11. The summed E-state index contributed by atoms with van der Waals surface area (Å²) >= 11 is 0. The van der Waals surface area contributed by atoms with Gasteiger partial charge in [0.15, 0.2) is 0 Å². The maximum Gasteiger partial charge on any atom is 0.0549 e. The van der Waals surface area contributed by atoms with E-state index in [1.807, 2.05) is 5.01 Å². The van der Waals surface area contributed by atoms with Crippen LogP contribution >= 0.6 is 0 Å². The summed E-state index contributed by atoms with van der Waals surface area (Å²) in [6, 6.07) is 6.57. The van der Waals surface area contributed by atoms with Crippen molar-refractivity contribution in [2.24, 2.45) is 11.8 Å². The van der Waals surface area contributed by atoms with Crippen molar-refractivity contribution >= 4 is 5.69 Å². The molecule has 0 bridgehead atoms. The normalized spacial score (nSPS) is 12.5. The molecule has 0 fully saturated rings. The van der Waals surface area contributed by atoms with Crippen LogP contribution in [0.3, 0.4) is 0 Å². The molecule has 1 aromatic carbocycles. The lowest BCUT2D eigenvalue weighted by molar-refractivity contribution is 0.447. The molecule has 1 rings (SSSR count). The number of anilines is 1. The summed E-state index contributed by atoms with van der Waals surface area (Å²) in [5, 5.41) is 1.96. The lowest BCUT2D eigenvalue weighted by Crippen LogP contribution is -2.36. The van der Waals surface area contributed by atoms with Crippen LogP contribution in [-0.4, -0.2) is 6.54 Å². The zero-order chi connectivity index (χ0) is 14.3. The highest BCUT2D eigenvalue weighted by Crippen LogP contribution is 2.23. The molecule has 2 N–H and O–H groups in total. The number of unbranched alkanes of at least 4 members (excludes halogenated alkanes) is 1. The van der Waals surface area contributed by atoms with Gasteiger partial charge in [-0.3, -0.25) is 0 Å². The SMILES string of the molecule is CCCCC(CC)CN(N)c1ccc(C)cc1CC. The van der Waals surface area contributed by atoms with Crippen LogP contribution in [0, 0.1) is 12.8 Å². The Labute approximate surface area is 119 Å². The number of nitrogens with two attached hydrogens (primary N) is 1. The highest BCUT2D eigenvalue weighted by molar-refractivity contribution is 5.54. The second-order valence-electron chi connectivity index (χ2n) is 5.55. The van der Waals surface area contributed by atoms with Crippen molar-refractivity contribution in [1.29, 1.82) is 0 Å². The third-order valence-corrected chi connectivity index (χ3v) is 3.92. The molecule has 1 unspecified atom stereocenters. The molecule has 0 aliphatic rings. The first-order valence-electron chi connectivity index (χ1n) is 7.74. The van der Waals surface area contributed by atoms with Gasteiger partial charge in [0.25, 0.3) is 0 Å². The first-order chi connectivity index (χ1) is 9.12. The molecule has 1 aromatic rings. The number of hydrazine groups is 1. The molecule has 2 nitrogen and oxygen atoms in total. The maximum atomic E-state index is 6.30. The van der Waals surface area contributed by atoms with Crippen LogP contribution in [0.2, 0.25) is 0 Å². The third kappa shape index (κ3) is 4.87. The van der Waals surface area contributed by atoms with Crippen molar-refractivity contribution < 1.29 is 0 Å². The van der Waals surface area contributed by atoms with Gasteiger partial charge in [0, 0.05) is 6.54 Å². The highest BCUT2D eigenvalue weighted by atomic mass is 15.4. The minimum atomic E-state index is 0.705. The fourth-order valence-electron chi connectivity index (χ4n) is 2.57. The molecule has 0 aliphatic heterocycles. The van der Waals surface area contributed by atoms with E-state index in [0.29, 0.717) is 5.92 Å². The van der Waals surface area contributed by atoms with Gasteiger partial charge in [-0.15, -0.1) is 0 Å². The van der Waals surface area contributed by atoms with Gasteiger partial charge in [0.1, 0.15) is 0 Å². The van der Waals surface area contributed by atoms with Gasteiger partial charge < -0.3 is 5.01 Å². The molecule has 2 heteroatoms. The van der Waals surface area contributed by atoms with E-state index in [1.165, 1.54) is 42.5 Å². The van der Waals surface area contributed by atoms with Gasteiger partial charge in [-0.1, -0.05) is 57.7 Å². The van der Waals surface area contributed by atoms with Crippen molar-refractivity contribution in [3.8, 4) is 0 Å². The molecule has 0 spiro atoms. The molecule has 0 radical (unpaired) electrons. The highest BCUT2D eigenvalue weighted by Gasteiger charge is 2.13. The van der Waals surface area contributed by atoms with Crippen LogP contribution in [0.15, 0.2) is 18.2 Å². The van der Waals surface area contributed by atoms with E-state index in [4.69, 9.17) is 5.84 Å². The molecular formula is C17H30N2. The first-order valence-corrected chi connectivity index (χ1v) is 7.74.